The monoisotopic (exact) mass is 220 g/mol. The number of nitrogens with two attached hydrogens (primary N) is 1. The Morgan fingerprint density at radius 2 is 2.07 bits per heavy atom. The predicted octanol–water partition coefficient (Wildman–Crippen LogP) is 0.769. The number of hydrogen-bond acceptors (Lipinski definition) is 4. The lowest BCUT2D eigenvalue weighted by molar-refractivity contribution is 0.279. The largest absolute Gasteiger partial charge is 0.395 e. The first-order chi connectivity index (χ1) is 6.61. The molecular formula is C10H24N2OS. The second-order valence-corrected chi connectivity index (χ2v) is 5.19. The van der Waals surface area contributed by atoms with Crippen molar-refractivity contribution in [2.45, 2.75) is 31.1 Å². The molecule has 0 heterocycles. The summed E-state index contributed by atoms with van der Waals surface area (Å²) in [6, 6.07) is 0.136. The minimum Gasteiger partial charge on any atom is -0.395 e. The van der Waals surface area contributed by atoms with Crippen LogP contribution in [0.5, 0.6) is 0 Å². The lowest BCUT2D eigenvalue weighted by Gasteiger charge is -2.21. The zero-order valence-corrected chi connectivity index (χ0v) is 10.4. The van der Waals surface area contributed by atoms with E-state index in [-0.39, 0.29) is 17.9 Å². The normalized spacial score (nSPS) is 15.9. The van der Waals surface area contributed by atoms with Gasteiger partial charge in [0.1, 0.15) is 0 Å². The molecular weight excluding hydrogens is 196 g/mol. The van der Waals surface area contributed by atoms with E-state index in [0.717, 1.165) is 25.1 Å². The van der Waals surface area contributed by atoms with Crippen LogP contribution in [-0.4, -0.2) is 54.3 Å². The summed E-state index contributed by atoms with van der Waals surface area (Å²) in [6.07, 6.45) is 2.09. The molecule has 3 nitrogen and oxygen atoms in total. The van der Waals surface area contributed by atoms with Crippen molar-refractivity contribution in [2.75, 3.05) is 33.0 Å². The van der Waals surface area contributed by atoms with Gasteiger partial charge in [-0.15, -0.1) is 0 Å². The summed E-state index contributed by atoms with van der Waals surface area (Å²) in [5.74, 6) is 1.04. The number of hydrogen-bond donors (Lipinski definition) is 2. The van der Waals surface area contributed by atoms with Gasteiger partial charge in [-0.3, -0.25) is 0 Å². The molecule has 0 aliphatic heterocycles. The molecule has 0 spiro atoms. The van der Waals surface area contributed by atoms with Crippen LogP contribution in [0.1, 0.15) is 19.8 Å². The maximum atomic E-state index is 9.17. The SMILES string of the molecule is CCCC(N)C(CO)SCCN(C)C. The van der Waals surface area contributed by atoms with Crippen molar-refractivity contribution >= 4 is 11.8 Å². The van der Waals surface area contributed by atoms with Gasteiger partial charge in [-0.05, 0) is 20.5 Å². The fraction of sp³-hybridized carbons (Fsp3) is 1.00. The van der Waals surface area contributed by atoms with Crippen molar-refractivity contribution in [3.8, 4) is 0 Å². The summed E-state index contributed by atoms with van der Waals surface area (Å²) in [4.78, 5) is 2.15. The molecule has 0 aromatic carbocycles. The van der Waals surface area contributed by atoms with E-state index in [4.69, 9.17) is 5.73 Å². The predicted molar refractivity (Wildman–Crippen MR) is 64.8 cm³/mol. The lowest BCUT2D eigenvalue weighted by Crippen LogP contribution is -2.35. The molecule has 0 aromatic heterocycles. The van der Waals surface area contributed by atoms with E-state index in [1.54, 1.807) is 11.8 Å². The molecule has 0 saturated heterocycles. The summed E-state index contributed by atoms with van der Waals surface area (Å²) >= 11 is 1.78. The van der Waals surface area contributed by atoms with Gasteiger partial charge in [-0.25, -0.2) is 0 Å². The van der Waals surface area contributed by atoms with Gasteiger partial charge in [0.05, 0.1) is 6.61 Å². The van der Waals surface area contributed by atoms with Crippen molar-refractivity contribution in [2.24, 2.45) is 5.73 Å². The molecule has 0 rings (SSSR count). The number of aliphatic hydroxyl groups is 1. The Hall–Kier alpha value is 0.230. The molecule has 0 fully saturated rings. The van der Waals surface area contributed by atoms with Gasteiger partial charge in [0.2, 0.25) is 0 Å². The van der Waals surface area contributed by atoms with E-state index in [9.17, 15) is 5.11 Å². The van der Waals surface area contributed by atoms with Gasteiger partial charge >= 0.3 is 0 Å². The van der Waals surface area contributed by atoms with Gasteiger partial charge in [0.25, 0.3) is 0 Å². The highest BCUT2D eigenvalue weighted by Gasteiger charge is 2.16. The summed E-state index contributed by atoms with van der Waals surface area (Å²) < 4.78 is 0. The number of nitrogens with zero attached hydrogens (tertiary/aromatic N) is 1. The highest BCUT2D eigenvalue weighted by atomic mass is 32.2. The molecule has 86 valence electrons. The maximum Gasteiger partial charge on any atom is 0.0565 e. The first-order valence-corrected chi connectivity index (χ1v) is 6.29. The molecule has 3 N–H and O–H groups in total. The maximum absolute atomic E-state index is 9.17. The van der Waals surface area contributed by atoms with E-state index in [1.807, 2.05) is 0 Å². The van der Waals surface area contributed by atoms with Gasteiger partial charge in [0.15, 0.2) is 0 Å². The van der Waals surface area contributed by atoms with Gasteiger partial charge < -0.3 is 15.7 Å². The Morgan fingerprint density at radius 3 is 2.50 bits per heavy atom. The van der Waals surface area contributed by atoms with Crippen LogP contribution in [0.25, 0.3) is 0 Å². The van der Waals surface area contributed by atoms with E-state index in [1.165, 1.54) is 0 Å². The molecule has 0 saturated carbocycles. The molecule has 0 aromatic rings. The van der Waals surface area contributed by atoms with Crippen LogP contribution in [0.4, 0.5) is 0 Å². The van der Waals surface area contributed by atoms with Gasteiger partial charge in [-0.2, -0.15) is 11.8 Å². The second-order valence-electron chi connectivity index (χ2n) is 3.85. The molecule has 2 atom stereocenters. The third-order valence-electron chi connectivity index (χ3n) is 2.15. The zero-order chi connectivity index (χ0) is 11.0. The van der Waals surface area contributed by atoms with Crippen LogP contribution in [0.15, 0.2) is 0 Å². The fourth-order valence-electron chi connectivity index (χ4n) is 1.22. The number of thioether (sulfide) groups is 1. The van der Waals surface area contributed by atoms with Crippen LogP contribution >= 0.6 is 11.8 Å². The Balaban J connectivity index is 3.66. The van der Waals surface area contributed by atoms with Crippen LogP contribution in [0.3, 0.4) is 0 Å². The molecule has 0 aliphatic carbocycles. The summed E-state index contributed by atoms with van der Waals surface area (Å²) in [5.41, 5.74) is 5.96. The lowest BCUT2D eigenvalue weighted by atomic mass is 10.1. The Morgan fingerprint density at radius 1 is 1.43 bits per heavy atom. The fourth-order valence-corrected chi connectivity index (χ4v) is 2.48. The molecule has 14 heavy (non-hydrogen) atoms. The second kappa shape index (κ2) is 8.53. The van der Waals surface area contributed by atoms with Crippen LogP contribution in [0, 0.1) is 0 Å². The van der Waals surface area contributed by atoms with Crippen molar-refractivity contribution in [3.05, 3.63) is 0 Å². The van der Waals surface area contributed by atoms with Crippen molar-refractivity contribution in [1.29, 1.82) is 0 Å². The molecule has 0 radical (unpaired) electrons. The summed E-state index contributed by atoms with van der Waals surface area (Å²) in [6.45, 7) is 3.36. The highest BCUT2D eigenvalue weighted by molar-refractivity contribution is 8.00. The third-order valence-corrected chi connectivity index (χ3v) is 3.50. The summed E-state index contributed by atoms with van der Waals surface area (Å²) in [7, 11) is 4.11. The van der Waals surface area contributed by atoms with Crippen LogP contribution in [-0.2, 0) is 0 Å². The minimum atomic E-state index is 0.136. The average molecular weight is 220 g/mol. The number of rotatable bonds is 8. The zero-order valence-electron chi connectivity index (χ0n) is 9.57. The summed E-state index contributed by atoms with van der Waals surface area (Å²) in [5, 5.41) is 9.38. The Kier molecular flexibility index (Phi) is 8.67. The van der Waals surface area contributed by atoms with Crippen molar-refractivity contribution in [1.82, 2.24) is 4.90 Å². The smallest absolute Gasteiger partial charge is 0.0565 e. The van der Waals surface area contributed by atoms with E-state index in [2.05, 4.69) is 25.9 Å². The topological polar surface area (TPSA) is 49.5 Å². The minimum absolute atomic E-state index is 0.136. The molecule has 4 heteroatoms. The van der Waals surface area contributed by atoms with Gasteiger partial charge in [-0.1, -0.05) is 13.3 Å². The Bertz CT molecular complexity index is 133. The first-order valence-electron chi connectivity index (χ1n) is 5.24. The molecule has 0 bridgehead atoms. The van der Waals surface area contributed by atoms with Gasteiger partial charge in [0, 0.05) is 23.6 Å². The molecule has 0 aliphatic rings. The Labute approximate surface area is 92.0 Å². The van der Waals surface area contributed by atoms with E-state index in [0.29, 0.717) is 0 Å². The molecule has 2 unspecified atom stereocenters. The van der Waals surface area contributed by atoms with E-state index >= 15 is 0 Å². The van der Waals surface area contributed by atoms with Crippen LogP contribution in [0.2, 0.25) is 0 Å². The highest BCUT2D eigenvalue weighted by Crippen LogP contribution is 2.16. The van der Waals surface area contributed by atoms with Crippen LogP contribution < -0.4 is 5.73 Å². The number of aliphatic hydroxyl groups excluding tert-OH is 1. The van der Waals surface area contributed by atoms with Crippen molar-refractivity contribution < 1.29 is 5.11 Å². The average Bonchev–Trinajstić information content (AvgIpc) is 2.12. The van der Waals surface area contributed by atoms with E-state index < -0.39 is 0 Å². The third kappa shape index (κ3) is 6.65. The first kappa shape index (κ1) is 14.2. The standard InChI is InChI=1S/C10H24N2OS/c1-4-5-9(11)10(8-13)14-7-6-12(2)3/h9-10,13H,4-8,11H2,1-3H3. The quantitative estimate of drug-likeness (QED) is 0.634. The molecule has 0 amide bonds. The van der Waals surface area contributed by atoms with Crippen molar-refractivity contribution in [3.63, 3.8) is 0 Å².